The Morgan fingerprint density at radius 3 is 2.31 bits per heavy atom. The summed E-state index contributed by atoms with van der Waals surface area (Å²) in [7, 11) is 2.93. The molecule has 1 unspecified atom stereocenters. The molecule has 0 aliphatic rings. The predicted molar refractivity (Wildman–Crippen MR) is 56.5 cm³/mol. The Bertz CT molecular complexity index is 359. The predicted octanol–water partition coefficient (Wildman–Crippen LogP) is 0.573. The molecule has 1 rings (SSSR count). The van der Waals surface area contributed by atoms with E-state index in [2.05, 4.69) is 4.98 Å². The minimum atomic E-state index is -0.978. The number of hydrogen-bond acceptors (Lipinski definition) is 5. The van der Waals surface area contributed by atoms with Gasteiger partial charge in [0.1, 0.15) is 11.5 Å². The number of ether oxygens (including phenoxy) is 2. The van der Waals surface area contributed by atoms with Gasteiger partial charge in [-0.2, -0.15) is 0 Å². The molecule has 1 aromatic heterocycles. The molecular weight excluding hydrogens is 212 g/mol. The van der Waals surface area contributed by atoms with Crippen LogP contribution in [0.2, 0.25) is 0 Å². The normalized spacial score (nSPS) is 11.9. The van der Waals surface area contributed by atoms with Gasteiger partial charge in [-0.25, -0.2) is 0 Å². The Labute approximate surface area is 93.0 Å². The van der Waals surface area contributed by atoms with Crippen LogP contribution in [-0.4, -0.2) is 30.3 Å². The zero-order valence-corrected chi connectivity index (χ0v) is 9.14. The van der Waals surface area contributed by atoms with Crippen LogP contribution < -0.4 is 15.2 Å². The maximum Gasteiger partial charge on any atom is 0.305 e. The summed E-state index contributed by atoms with van der Waals surface area (Å²) in [5.74, 6) is -0.130. The molecule has 6 nitrogen and oxygen atoms in total. The third-order valence-corrected chi connectivity index (χ3v) is 2.12. The summed E-state index contributed by atoms with van der Waals surface area (Å²) >= 11 is 0. The summed E-state index contributed by atoms with van der Waals surface area (Å²) in [5.41, 5.74) is 6.30. The van der Waals surface area contributed by atoms with Crippen molar-refractivity contribution in [3.8, 4) is 11.5 Å². The molecule has 1 atom stereocenters. The largest absolute Gasteiger partial charge is 0.495 e. The molecule has 0 saturated carbocycles. The van der Waals surface area contributed by atoms with E-state index in [-0.39, 0.29) is 6.42 Å². The van der Waals surface area contributed by atoms with E-state index in [4.69, 9.17) is 20.3 Å². The van der Waals surface area contributed by atoms with Crippen molar-refractivity contribution in [2.24, 2.45) is 5.73 Å². The van der Waals surface area contributed by atoms with Crippen molar-refractivity contribution in [3.05, 3.63) is 18.0 Å². The molecule has 3 N–H and O–H groups in total. The maximum atomic E-state index is 10.6. The number of carbonyl (C=O) groups is 1. The van der Waals surface area contributed by atoms with E-state index in [9.17, 15) is 4.79 Å². The van der Waals surface area contributed by atoms with Crippen LogP contribution in [0.3, 0.4) is 0 Å². The van der Waals surface area contributed by atoms with Crippen LogP contribution in [0, 0.1) is 0 Å². The quantitative estimate of drug-likeness (QED) is 0.762. The Morgan fingerprint density at radius 2 is 1.94 bits per heavy atom. The Hall–Kier alpha value is -1.82. The fourth-order valence-corrected chi connectivity index (χ4v) is 1.41. The van der Waals surface area contributed by atoms with Crippen LogP contribution in [0.15, 0.2) is 12.4 Å². The molecule has 0 aromatic carbocycles. The molecular formula is C10H14N2O4. The summed E-state index contributed by atoms with van der Waals surface area (Å²) in [6.45, 7) is 0. The van der Waals surface area contributed by atoms with Crippen LogP contribution in [0.5, 0.6) is 11.5 Å². The van der Waals surface area contributed by atoms with E-state index in [1.807, 2.05) is 0 Å². The molecule has 1 aromatic rings. The van der Waals surface area contributed by atoms with E-state index < -0.39 is 12.0 Å². The first kappa shape index (κ1) is 12.3. The maximum absolute atomic E-state index is 10.6. The summed E-state index contributed by atoms with van der Waals surface area (Å²) < 4.78 is 10.2. The second-order valence-corrected chi connectivity index (χ2v) is 3.16. The molecule has 16 heavy (non-hydrogen) atoms. The lowest BCUT2D eigenvalue weighted by atomic mass is 10.0. The molecule has 1 heterocycles. The Kier molecular flexibility index (Phi) is 4.07. The lowest BCUT2D eigenvalue weighted by molar-refractivity contribution is -0.137. The minimum absolute atomic E-state index is 0.198. The van der Waals surface area contributed by atoms with Crippen LogP contribution in [-0.2, 0) is 4.79 Å². The molecule has 6 heteroatoms. The van der Waals surface area contributed by atoms with Gasteiger partial charge >= 0.3 is 5.97 Å². The van der Waals surface area contributed by atoms with Crippen molar-refractivity contribution < 1.29 is 19.4 Å². The average molecular weight is 226 g/mol. The number of pyridine rings is 1. The van der Waals surface area contributed by atoms with Gasteiger partial charge in [-0.15, -0.1) is 0 Å². The molecule has 0 bridgehead atoms. The van der Waals surface area contributed by atoms with Gasteiger partial charge in [-0.05, 0) is 0 Å². The number of carboxylic acids is 1. The van der Waals surface area contributed by atoms with Gasteiger partial charge in [-0.1, -0.05) is 0 Å². The summed E-state index contributed by atoms with van der Waals surface area (Å²) in [6.07, 6.45) is 2.75. The lowest BCUT2D eigenvalue weighted by Gasteiger charge is -2.16. The number of rotatable bonds is 5. The monoisotopic (exact) mass is 226 g/mol. The van der Waals surface area contributed by atoms with Crippen LogP contribution in [0.25, 0.3) is 0 Å². The minimum Gasteiger partial charge on any atom is -0.495 e. The molecule has 0 aliphatic heterocycles. The van der Waals surface area contributed by atoms with Crippen molar-refractivity contribution in [1.29, 1.82) is 0 Å². The molecule has 0 aliphatic carbocycles. The fourth-order valence-electron chi connectivity index (χ4n) is 1.41. The van der Waals surface area contributed by atoms with Crippen molar-refractivity contribution >= 4 is 5.97 Å². The third kappa shape index (κ3) is 2.60. The Morgan fingerprint density at radius 1 is 1.44 bits per heavy atom. The van der Waals surface area contributed by atoms with Crippen LogP contribution in [0.4, 0.5) is 0 Å². The molecule has 0 saturated heterocycles. The molecule has 0 spiro atoms. The number of hydrogen-bond donors (Lipinski definition) is 2. The second-order valence-electron chi connectivity index (χ2n) is 3.16. The number of nitrogens with two attached hydrogens (primary N) is 1. The van der Waals surface area contributed by atoms with Gasteiger partial charge in [-0.3, -0.25) is 9.78 Å². The molecule has 0 amide bonds. The van der Waals surface area contributed by atoms with E-state index in [0.29, 0.717) is 17.1 Å². The fraction of sp³-hybridized carbons (Fsp3) is 0.400. The number of methoxy groups -OCH3 is 2. The summed E-state index contributed by atoms with van der Waals surface area (Å²) in [6, 6.07) is -0.689. The highest BCUT2D eigenvalue weighted by Gasteiger charge is 2.20. The SMILES string of the molecule is COc1cncc(OC)c1C(N)CC(=O)O. The van der Waals surface area contributed by atoms with Gasteiger partial charge in [0.25, 0.3) is 0 Å². The number of nitrogens with zero attached hydrogens (tertiary/aromatic N) is 1. The van der Waals surface area contributed by atoms with E-state index in [1.54, 1.807) is 0 Å². The highest BCUT2D eigenvalue weighted by Crippen LogP contribution is 2.32. The topological polar surface area (TPSA) is 94.7 Å². The standard InChI is InChI=1S/C10H14N2O4/c1-15-7-4-12-5-8(16-2)10(7)6(11)3-9(13)14/h4-6H,3,11H2,1-2H3,(H,13,14). The zero-order valence-electron chi connectivity index (χ0n) is 9.14. The number of aromatic nitrogens is 1. The van der Waals surface area contributed by atoms with Crippen LogP contribution in [0.1, 0.15) is 18.0 Å². The molecule has 0 fully saturated rings. The van der Waals surface area contributed by atoms with Gasteiger partial charge in [0.15, 0.2) is 0 Å². The average Bonchev–Trinajstić information content (AvgIpc) is 2.26. The molecule has 88 valence electrons. The first-order chi connectivity index (χ1) is 7.60. The smallest absolute Gasteiger partial charge is 0.305 e. The number of carboxylic acid groups (broad SMARTS) is 1. The van der Waals surface area contributed by atoms with Crippen molar-refractivity contribution in [3.63, 3.8) is 0 Å². The van der Waals surface area contributed by atoms with Gasteiger partial charge in [0.05, 0.1) is 38.6 Å². The highest BCUT2D eigenvalue weighted by atomic mass is 16.5. The first-order valence-electron chi connectivity index (χ1n) is 4.63. The number of aliphatic carboxylic acids is 1. The van der Waals surface area contributed by atoms with Gasteiger partial charge < -0.3 is 20.3 Å². The zero-order chi connectivity index (χ0) is 12.1. The van der Waals surface area contributed by atoms with E-state index in [0.717, 1.165) is 0 Å². The van der Waals surface area contributed by atoms with E-state index in [1.165, 1.54) is 26.6 Å². The third-order valence-electron chi connectivity index (χ3n) is 2.12. The van der Waals surface area contributed by atoms with Gasteiger partial charge in [0, 0.05) is 6.04 Å². The van der Waals surface area contributed by atoms with Crippen LogP contribution >= 0.6 is 0 Å². The van der Waals surface area contributed by atoms with Crippen molar-refractivity contribution in [2.75, 3.05) is 14.2 Å². The highest BCUT2D eigenvalue weighted by molar-refractivity contribution is 5.68. The summed E-state index contributed by atoms with van der Waals surface area (Å²) in [5, 5.41) is 8.70. The first-order valence-corrected chi connectivity index (χ1v) is 4.63. The summed E-state index contributed by atoms with van der Waals surface area (Å²) in [4.78, 5) is 14.5. The lowest BCUT2D eigenvalue weighted by Crippen LogP contribution is -2.17. The molecule has 0 radical (unpaired) electrons. The van der Waals surface area contributed by atoms with Gasteiger partial charge in [0.2, 0.25) is 0 Å². The van der Waals surface area contributed by atoms with Crippen molar-refractivity contribution in [2.45, 2.75) is 12.5 Å². The van der Waals surface area contributed by atoms with Crippen molar-refractivity contribution in [1.82, 2.24) is 4.98 Å². The Balaban J connectivity index is 3.12. The second kappa shape index (κ2) is 5.32. The van der Waals surface area contributed by atoms with E-state index >= 15 is 0 Å².